The number of benzene rings is 1. The quantitative estimate of drug-likeness (QED) is 0.834. The normalized spacial score (nSPS) is 22.5. The molecule has 7 heteroatoms. The number of ketones is 1. The van der Waals surface area contributed by atoms with Crippen LogP contribution in [0.2, 0.25) is 5.02 Å². The lowest BCUT2D eigenvalue weighted by atomic mass is 9.73. The Kier molecular flexibility index (Phi) is 5.14. The van der Waals surface area contributed by atoms with E-state index in [0.29, 0.717) is 35.9 Å². The number of nitrogens with zero attached hydrogens (tertiary/aromatic N) is 3. The smallest absolute Gasteiger partial charge is 0.310 e. The molecule has 0 radical (unpaired) electrons. The summed E-state index contributed by atoms with van der Waals surface area (Å²) in [4.78, 5) is 29.2. The van der Waals surface area contributed by atoms with E-state index in [0.717, 1.165) is 12.0 Å². The van der Waals surface area contributed by atoms with Gasteiger partial charge in [0, 0.05) is 23.6 Å². The summed E-state index contributed by atoms with van der Waals surface area (Å²) in [6, 6.07) is 7.18. The first-order valence-corrected chi connectivity index (χ1v) is 9.17. The van der Waals surface area contributed by atoms with Gasteiger partial charge in [0.1, 0.15) is 11.6 Å². The summed E-state index contributed by atoms with van der Waals surface area (Å²) in [7, 11) is 1.74. The lowest BCUT2D eigenvalue weighted by Crippen LogP contribution is -2.39. The largest absolute Gasteiger partial charge is 0.481 e. The van der Waals surface area contributed by atoms with Crippen molar-refractivity contribution in [1.82, 2.24) is 14.8 Å². The van der Waals surface area contributed by atoms with E-state index in [2.05, 4.69) is 10.1 Å². The highest BCUT2D eigenvalue weighted by atomic mass is 35.5. The summed E-state index contributed by atoms with van der Waals surface area (Å²) >= 11 is 5.90. The number of carboxylic acids is 1. The molecule has 1 aromatic carbocycles. The molecule has 0 amide bonds. The number of carbonyl (C=O) groups is 2. The standard InChI is InChI=1S/C19H22ClN3O3/c1-3-19(18(25)26)10-4-5-14(19)15(24)11-16-21-17(22-23(16)2)12-6-8-13(20)9-7-12/h6-9,14H,3-5,10-11H2,1-2H3,(H,25,26). The molecule has 2 unspecified atom stereocenters. The topological polar surface area (TPSA) is 85.1 Å². The van der Waals surface area contributed by atoms with Crippen LogP contribution in [0, 0.1) is 11.3 Å². The molecule has 1 heterocycles. The molecule has 6 nitrogen and oxygen atoms in total. The highest BCUT2D eigenvalue weighted by Gasteiger charge is 2.50. The van der Waals surface area contributed by atoms with Crippen molar-refractivity contribution in [2.24, 2.45) is 18.4 Å². The number of aryl methyl sites for hydroxylation is 1. The van der Waals surface area contributed by atoms with Crippen molar-refractivity contribution in [2.75, 3.05) is 0 Å². The van der Waals surface area contributed by atoms with Gasteiger partial charge in [-0.05, 0) is 43.5 Å². The number of hydrogen-bond donors (Lipinski definition) is 1. The van der Waals surface area contributed by atoms with Crippen LogP contribution in [0.3, 0.4) is 0 Å². The molecule has 0 bridgehead atoms. The summed E-state index contributed by atoms with van der Waals surface area (Å²) in [5, 5.41) is 14.7. The Hall–Kier alpha value is -2.21. The van der Waals surface area contributed by atoms with Crippen LogP contribution in [-0.2, 0) is 23.1 Å². The third-order valence-electron chi connectivity index (χ3n) is 5.52. The number of halogens is 1. The first-order valence-electron chi connectivity index (χ1n) is 8.79. The van der Waals surface area contributed by atoms with Crippen LogP contribution in [0.15, 0.2) is 24.3 Å². The van der Waals surface area contributed by atoms with E-state index in [1.54, 1.807) is 23.9 Å². The van der Waals surface area contributed by atoms with Crippen LogP contribution >= 0.6 is 11.6 Å². The average molecular weight is 376 g/mol. The summed E-state index contributed by atoms with van der Waals surface area (Å²) in [5.41, 5.74) is -0.118. The van der Waals surface area contributed by atoms with E-state index in [4.69, 9.17) is 11.6 Å². The Balaban J connectivity index is 1.82. The molecule has 2 aromatic rings. The van der Waals surface area contributed by atoms with Gasteiger partial charge in [-0.15, -0.1) is 0 Å². The van der Waals surface area contributed by atoms with Gasteiger partial charge in [-0.1, -0.05) is 24.9 Å². The minimum atomic E-state index is -0.936. The number of aromatic nitrogens is 3. The van der Waals surface area contributed by atoms with Gasteiger partial charge in [0.2, 0.25) is 0 Å². The minimum Gasteiger partial charge on any atom is -0.481 e. The van der Waals surface area contributed by atoms with Crippen LogP contribution in [0.1, 0.15) is 38.4 Å². The fourth-order valence-corrected chi connectivity index (χ4v) is 4.07. The number of Topliss-reactive ketones (excluding diaryl/α,β-unsaturated/α-hetero) is 1. The minimum absolute atomic E-state index is 0.0649. The van der Waals surface area contributed by atoms with Crippen molar-refractivity contribution in [2.45, 2.75) is 39.0 Å². The fourth-order valence-electron chi connectivity index (χ4n) is 3.94. The van der Waals surface area contributed by atoms with E-state index in [1.165, 1.54) is 0 Å². The van der Waals surface area contributed by atoms with E-state index in [9.17, 15) is 14.7 Å². The Bertz CT molecular complexity index is 831. The third-order valence-corrected chi connectivity index (χ3v) is 5.77. The summed E-state index contributed by atoms with van der Waals surface area (Å²) in [6.07, 6.45) is 2.51. The zero-order chi connectivity index (χ0) is 18.9. The molecule has 0 aliphatic heterocycles. The van der Waals surface area contributed by atoms with Crippen molar-refractivity contribution in [3.63, 3.8) is 0 Å². The molecule has 3 rings (SSSR count). The molecule has 1 aliphatic rings. The van der Waals surface area contributed by atoms with Crippen molar-refractivity contribution >= 4 is 23.4 Å². The van der Waals surface area contributed by atoms with Gasteiger partial charge in [-0.2, -0.15) is 5.10 Å². The number of carbonyl (C=O) groups excluding carboxylic acids is 1. The molecule has 0 saturated heterocycles. The summed E-state index contributed by atoms with van der Waals surface area (Å²) < 4.78 is 1.59. The second kappa shape index (κ2) is 7.19. The molecule has 26 heavy (non-hydrogen) atoms. The van der Waals surface area contributed by atoms with Gasteiger partial charge in [0.05, 0.1) is 11.8 Å². The fraction of sp³-hybridized carbons (Fsp3) is 0.474. The van der Waals surface area contributed by atoms with Gasteiger partial charge in [-0.3, -0.25) is 14.3 Å². The van der Waals surface area contributed by atoms with E-state index in [1.807, 2.05) is 19.1 Å². The maximum absolute atomic E-state index is 12.9. The Morgan fingerprint density at radius 3 is 2.65 bits per heavy atom. The lowest BCUT2D eigenvalue weighted by Gasteiger charge is -2.29. The van der Waals surface area contributed by atoms with Gasteiger partial charge in [-0.25, -0.2) is 4.98 Å². The molecule has 0 spiro atoms. The predicted molar refractivity (Wildman–Crippen MR) is 97.9 cm³/mol. The summed E-state index contributed by atoms with van der Waals surface area (Å²) in [6.45, 7) is 1.85. The van der Waals surface area contributed by atoms with E-state index < -0.39 is 17.3 Å². The average Bonchev–Trinajstić information content (AvgIpc) is 3.20. The molecule has 2 atom stereocenters. The van der Waals surface area contributed by atoms with Crippen molar-refractivity contribution in [3.8, 4) is 11.4 Å². The highest BCUT2D eigenvalue weighted by Crippen LogP contribution is 2.47. The SMILES string of the molecule is CCC1(C(=O)O)CCCC1C(=O)Cc1nc(-c2ccc(Cl)cc2)nn1C. The van der Waals surface area contributed by atoms with Crippen LogP contribution in [-0.4, -0.2) is 31.6 Å². The second-order valence-electron chi connectivity index (χ2n) is 6.88. The van der Waals surface area contributed by atoms with Crippen LogP contribution < -0.4 is 0 Å². The zero-order valence-electron chi connectivity index (χ0n) is 14.9. The Labute approximate surface area is 157 Å². The monoisotopic (exact) mass is 375 g/mol. The van der Waals surface area contributed by atoms with Crippen molar-refractivity contribution in [1.29, 1.82) is 0 Å². The van der Waals surface area contributed by atoms with Crippen LogP contribution in [0.5, 0.6) is 0 Å². The van der Waals surface area contributed by atoms with Gasteiger partial charge in [0.15, 0.2) is 5.82 Å². The highest BCUT2D eigenvalue weighted by molar-refractivity contribution is 6.30. The molecule has 1 saturated carbocycles. The van der Waals surface area contributed by atoms with Gasteiger partial charge < -0.3 is 5.11 Å². The maximum Gasteiger partial charge on any atom is 0.310 e. The number of aliphatic carboxylic acids is 1. The number of hydrogen-bond acceptors (Lipinski definition) is 4. The molecule has 1 N–H and O–H groups in total. The van der Waals surface area contributed by atoms with E-state index >= 15 is 0 Å². The Morgan fingerprint density at radius 1 is 1.35 bits per heavy atom. The Morgan fingerprint density at radius 2 is 2.04 bits per heavy atom. The third kappa shape index (κ3) is 3.26. The first kappa shape index (κ1) is 18.6. The number of carboxylic acid groups (broad SMARTS) is 1. The van der Waals surface area contributed by atoms with Gasteiger partial charge >= 0.3 is 5.97 Å². The maximum atomic E-state index is 12.9. The molecular formula is C19H22ClN3O3. The molecule has 1 fully saturated rings. The van der Waals surface area contributed by atoms with Crippen molar-refractivity contribution < 1.29 is 14.7 Å². The van der Waals surface area contributed by atoms with Gasteiger partial charge in [0.25, 0.3) is 0 Å². The molecule has 1 aliphatic carbocycles. The van der Waals surface area contributed by atoms with Crippen molar-refractivity contribution in [3.05, 3.63) is 35.1 Å². The number of rotatable bonds is 6. The first-order chi connectivity index (χ1) is 12.4. The molecule has 1 aromatic heterocycles. The second-order valence-corrected chi connectivity index (χ2v) is 7.32. The van der Waals surface area contributed by atoms with Crippen LogP contribution in [0.25, 0.3) is 11.4 Å². The summed E-state index contributed by atoms with van der Waals surface area (Å²) in [5.74, 6) is -0.318. The predicted octanol–water partition coefficient (Wildman–Crippen LogP) is 3.53. The zero-order valence-corrected chi connectivity index (χ0v) is 15.7. The van der Waals surface area contributed by atoms with Crippen LogP contribution in [0.4, 0.5) is 0 Å². The lowest BCUT2D eigenvalue weighted by molar-refractivity contribution is -0.154. The molecular weight excluding hydrogens is 354 g/mol. The van der Waals surface area contributed by atoms with E-state index in [-0.39, 0.29) is 12.2 Å². The molecule has 138 valence electrons.